The van der Waals surface area contributed by atoms with Crippen LogP contribution in [0.25, 0.3) is 0 Å². The lowest BCUT2D eigenvalue weighted by atomic mass is 9.74. The Kier molecular flexibility index (Phi) is 4.13. The molecule has 3 rings (SSSR count). The molecule has 1 saturated carbocycles. The van der Waals surface area contributed by atoms with Gasteiger partial charge in [0, 0.05) is 25.7 Å². The van der Waals surface area contributed by atoms with Gasteiger partial charge in [0.1, 0.15) is 0 Å². The summed E-state index contributed by atoms with van der Waals surface area (Å²) in [4.78, 5) is 2.60. The van der Waals surface area contributed by atoms with Crippen molar-refractivity contribution in [3.63, 3.8) is 0 Å². The lowest BCUT2D eigenvalue weighted by Crippen LogP contribution is -2.42. The molecule has 1 aliphatic carbocycles. The van der Waals surface area contributed by atoms with Gasteiger partial charge in [-0.25, -0.2) is 0 Å². The van der Waals surface area contributed by atoms with E-state index < -0.39 is 0 Å². The van der Waals surface area contributed by atoms with E-state index in [1.54, 1.807) is 0 Å². The topological polar surface area (TPSA) is 29.3 Å². The molecule has 3 atom stereocenters. The van der Waals surface area contributed by atoms with Crippen molar-refractivity contribution in [2.24, 2.45) is 23.5 Å². The van der Waals surface area contributed by atoms with E-state index in [0.717, 1.165) is 24.9 Å². The van der Waals surface area contributed by atoms with Gasteiger partial charge in [0.2, 0.25) is 0 Å². The van der Waals surface area contributed by atoms with E-state index in [1.165, 1.54) is 36.9 Å². The van der Waals surface area contributed by atoms with Crippen LogP contribution in [0, 0.1) is 17.8 Å². The summed E-state index contributed by atoms with van der Waals surface area (Å²) in [5.41, 5.74) is 9.42. The van der Waals surface area contributed by atoms with Crippen molar-refractivity contribution in [2.75, 3.05) is 6.54 Å². The second-order valence-electron chi connectivity index (χ2n) is 7.18. The van der Waals surface area contributed by atoms with Crippen molar-refractivity contribution >= 4 is 0 Å². The van der Waals surface area contributed by atoms with Gasteiger partial charge in [-0.05, 0) is 48.1 Å². The fourth-order valence-electron chi connectivity index (χ4n) is 4.00. The largest absolute Gasteiger partial charge is 0.327 e. The van der Waals surface area contributed by atoms with Crippen molar-refractivity contribution in [3.8, 4) is 0 Å². The van der Waals surface area contributed by atoms with Crippen LogP contribution in [0.5, 0.6) is 0 Å². The van der Waals surface area contributed by atoms with Gasteiger partial charge < -0.3 is 5.73 Å². The van der Waals surface area contributed by atoms with Gasteiger partial charge >= 0.3 is 0 Å². The van der Waals surface area contributed by atoms with E-state index >= 15 is 0 Å². The van der Waals surface area contributed by atoms with Crippen LogP contribution in [0.15, 0.2) is 24.3 Å². The Balaban J connectivity index is 1.60. The monoisotopic (exact) mass is 272 g/mol. The number of fused-ring (bicyclic) bond motifs is 1. The normalized spacial score (nSPS) is 30.7. The molecule has 3 unspecified atom stereocenters. The second-order valence-corrected chi connectivity index (χ2v) is 7.18. The highest BCUT2D eigenvalue weighted by atomic mass is 15.1. The van der Waals surface area contributed by atoms with E-state index in [2.05, 4.69) is 43.0 Å². The molecule has 1 aromatic carbocycles. The minimum absolute atomic E-state index is 0.411. The molecule has 1 fully saturated rings. The molecule has 110 valence electrons. The van der Waals surface area contributed by atoms with Crippen LogP contribution in [0.1, 0.15) is 44.2 Å². The molecule has 0 amide bonds. The first-order chi connectivity index (χ1) is 9.63. The van der Waals surface area contributed by atoms with Crippen LogP contribution < -0.4 is 5.73 Å². The maximum absolute atomic E-state index is 6.40. The van der Waals surface area contributed by atoms with Crippen molar-refractivity contribution in [3.05, 3.63) is 35.4 Å². The molecule has 20 heavy (non-hydrogen) atoms. The van der Waals surface area contributed by atoms with Crippen molar-refractivity contribution in [1.82, 2.24) is 4.90 Å². The number of hydrogen-bond donors (Lipinski definition) is 1. The van der Waals surface area contributed by atoms with Gasteiger partial charge in [0.15, 0.2) is 0 Å². The summed E-state index contributed by atoms with van der Waals surface area (Å²) in [6.07, 6.45) is 3.87. The molecule has 0 bridgehead atoms. The summed E-state index contributed by atoms with van der Waals surface area (Å²) in [6, 6.07) is 9.27. The molecule has 2 aliphatic rings. The predicted molar refractivity (Wildman–Crippen MR) is 84.2 cm³/mol. The Hall–Kier alpha value is -0.860. The van der Waals surface area contributed by atoms with Gasteiger partial charge in [-0.2, -0.15) is 0 Å². The Morgan fingerprint density at radius 1 is 1.15 bits per heavy atom. The van der Waals surface area contributed by atoms with Gasteiger partial charge in [0.05, 0.1) is 0 Å². The Bertz CT molecular complexity index is 429. The van der Waals surface area contributed by atoms with Gasteiger partial charge in [-0.3, -0.25) is 4.90 Å². The summed E-state index contributed by atoms with van der Waals surface area (Å²) in [7, 11) is 0. The zero-order valence-electron chi connectivity index (χ0n) is 12.9. The zero-order valence-corrected chi connectivity index (χ0v) is 12.9. The van der Waals surface area contributed by atoms with E-state index in [1.807, 2.05) is 0 Å². The van der Waals surface area contributed by atoms with Crippen LogP contribution in [0.3, 0.4) is 0 Å². The third-order valence-corrected chi connectivity index (χ3v) is 5.42. The highest BCUT2D eigenvalue weighted by molar-refractivity contribution is 5.30. The molecule has 0 spiro atoms. The molecule has 0 saturated heterocycles. The minimum Gasteiger partial charge on any atom is -0.327 e. The molecule has 2 N–H and O–H groups in total. The lowest BCUT2D eigenvalue weighted by Gasteiger charge is -2.38. The molecule has 1 aromatic rings. The van der Waals surface area contributed by atoms with Crippen molar-refractivity contribution < 1.29 is 0 Å². The molecule has 1 aliphatic heterocycles. The maximum atomic E-state index is 6.40. The first-order valence-electron chi connectivity index (χ1n) is 8.18. The highest BCUT2D eigenvalue weighted by Crippen LogP contribution is 2.34. The van der Waals surface area contributed by atoms with Gasteiger partial charge in [-0.15, -0.1) is 0 Å². The standard InChI is InChI=1S/C18H28N2/c1-13(2)14-7-8-18(19)17(9-14)12-20-10-15-5-3-4-6-16(15)11-20/h3-6,13-14,17-18H,7-12,19H2,1-2H3. The van der Waals surface area contributed by atoms with Crippen molar-refractivity contribution in [2.45, 2.75) is 52.2 Å². The Morgan fingerprint density at radius 2 is 1.80 bits per heavy atom. The fraction of sp³-hybridized carbons (Fsp3) is 0.667. The number of nitrogens with two attached hydrogens (primary N) is 1. The number of rotatable bonds is 3. The summed E-state index contributed by atoms with van der Waals surface area (Å²) < 4.78 is 0. The van der Waals surface area contributed by atoms with Crippen LogP contribution in [-0.2, 0) is 13.1 Å². The number of nitrogens with zero attached hydrogens (tertiary/aromatic N) is 1. The molecule has 2 heteroatoms. The van der Waals surface area contributed by atoms with Gasteiger partial charge in [0.25, 0.3) is 0 Å². The minimum atomic E-state index is 0.411. The number of benzene rings is 1. The predicted octanol–water partition coefficient (Wildman–Crippen LogP) is 3.40. The average Bonchev–Trinajstić information content (AvgIpc) is 2.83. The summed E-state index contributed by atoms with van der Waals surface area (Å²) >= 11 is 0. The molecular formula is C18H28N2. The summed E-state index contributed by atoms with van der Waals surface area (Å²) in [5.74, 6) is 2.37. The molecular weight excluding hydrogens is 244 g/mol. The Morgan fingerprint density at radius 3 is 2.40 bits per heavy atom. The zero-order chi connectivity index (χ0) is 14.1. The van der Waals surface area contributed by atoms with Crippen LogP contribution >= 0.6 is 0 Å². The fourth-order valence-corrected chi connectivity index (χ4v) is 4.00. The maximum Gasteiger partial charge on any atom is 0.0240 e. The first-order valence-corrected chi connectivity index (χ1v) is 8.18. The molecule has 1 heterocycles. The highest BCUT2D eigenvalue weighted by Gasteiger charge is 2.32. The first kappa shape index (κ1) is 14.1. The van der Waals surface area contributed by atoms with E-state index in [-0.39, 0.29) is 0 Å². The van der Waals surface area contributed by atoms with Crippen LogP contribution in [0.2, 0.25) is 0 Å². The van der Waals surface area contributed by atoms with E-state index in [4.69, 9.17) is 5.73 Å². The van der Waals surface area contributed by atoms with E-state index in [0.29, 0.717) is 12.0 Å². The van der Waals surface area contributed by atoms with Crippen LogP contribution in [0.4, 0.5) is 0 Å². The smallest absolute Gasteiger partial charge is 0.0240 e. The summed E-state index contributed by atoms with van der Waals surface area (Å²) in [6.45, 7) is 8.14. The summed E-state index contributed by atoms with van der Waals surface area (Å²) in [5, 5.41) is 0. The molecule has 0 aromatic heterocycles. The van der Waals surface area contributed by atoms with Gasteiger partial charge in [-0.1, -0.05) is 38.1 Å². The molecule has 2 nitrogen and oxygen atoms in total. The third kappa shape index (κ3) is 2.91. The van der Waals surface area contributed by atoms with Crippen molar-refractivity contribution in [1.29, 1.82) is 0 Å². The van der Waals surface area contributed by atoms with Crippen LogP contribution in [-0.4, -0.2) is 17.5 Å². The Labute approximate surface area is 123 Å². The second kappa shape index (κ2) is 5.87. The molecule has 0 radical (unpaired) electrons. The lowest BCUT2D eigenvalue weighted by molar-refractivity contribution is 0.136. The number of hydrogen-bond acceptors (Lipinski definition) is 2. The quantitative estimate of drug-likeness (QED) is 0.913. The average molecular weight is 272 g/mol. The SMILES string of the molecule is CC(C)C1CCC(N)C(CN2Cc3ccccc3C2)C1. The van der Waals surface area contributed by atoms with E-state index in [9.17, 15) is 0 Å². The third-order valence-electron chi connectivity index (χ3n) is 5.42.